The lowest BCUT2D eigenvalue weighted by Crippen LogP contribution is -2.10. The minimum atomic E-state index is -0.00569. The summed E-state index contributed by atoms with van der Waals surface area (Å²) >= 11 is 0. The lowest BCUT2D eigenvalue weighted by atomic mass is 9.99. The van der Waals surface area contributed by atoms with Crippen molar-refractivity contribution in [3.8, 4) is 0 Å². The van der Waals surface area contributed by atoms with E-state index < -0.39 is 0 Å². The number of nitrogens with two attached hydrogens (primary N) is 1. The van der Waals surface area contributed by atoms with E-state index in [0.717, 1.165) is 29.4 Å². The van der Waals surface area contributed by atoms with Crippen molar-refractivity contribution in [3.05, 3.63) is 48.3 Å². The van der Waals surface area contributed by atoms with E-state index in [-0.39, 0.29) is 6.04 Å². The monoisotopic (exact) mass is 227 g/mol. The summed E-state index contributed by atoms with van der Waals surface area (Å²) in [6.07, 6.45) is 5.19. The Labute approximate surface area is 101 Å². The zero-order valence-electron chi connectivity index (χ0n) is 10.1. The fraction of sp³-hybridized carbons (Fsp3) is 0.286. The normalized spacial score (nSPS) is 12.6. The fourth-order valence-corrected chi connectivity index (χ4v) is 1.78. The van der Waals surface area contributed by atoms with Gasteiger partial charge in [0, 0.05) is 18.4 Å². The number of hydrogen-bond acceptors (Lipinski definition) is 3. The largest absolute Gasteiger partial charge is 0.324 e. The van der Waals surface area contributed by atoms with E-state index in [2.05, 4.69) is 23.5 Å². The molecule has 1 heterocycles. The first-order chi connectivity index (χ1) is 8.20. The Bertz CT molecular complexity index is 534. The van der Waals surface area contributed by atoms with Crippen molar-refractivity contribution in [3.63, 3.8) is 0 Å². The van der Waals surface area contributed by atoms with Crippen LogP contribution in [0.5, 0.6) is 0 Å². The number of rotatable bonds is 4. The van der Waals surface area contributed by atoms with Gasteiger partial charge in [-0.05, 0) is 30.5 Å². The van der Waals surface area contributed by atoms with Crippen LogP contribution in [0.25, 0.3) is 11.0 Å². The Balaban J connectivity index is 2.26. The molecule has 2 N–H and O–H groups in total. The Morgan fingerprint density at radius 1 is 1.29 bits per heavy atom. The highest BCUT2D eigenvalue weighted by Gasteiger charge is 2.08. The van der Waals surface area contributed by atoms with Crippen molar-refractivity contribution in [2.45, 2.75) is 25.8 Å². The van der Waals surface area contributed by atoms with Crippen LogP contribution < -0.4 is 5.73 Å². The maximum Gasteiger partial charge on any atom is 0.0890 e. The van der Waals surface area contributed by atoms with Crippen LogP contribution >= 0.6 is 0 Å². The average Bonchev–Trinajstić information content (AvgIpc) is 2.38. The molecule has 0 bridgehead atoms. The summed E-state index contributed by atoms with van der Waals surface area (Å²) in [6, 6.07) is 5.99. The van der Waals surface area contributed by atoms with Crippen LogP contribution in [-0.4, -0.2) is 9.97 Å². The summed E-state index contributed by atoms with van der Waals surface area (Å²) in [6.45, 7) is 6.09. The van der Waals surface area contributed by atoms with Crippen LogP contribution in [0.4, 0.5) is 0 Å². The molecule has 1 aromatic heterocycles. The number of nitrogens with zero attached hydrogens (tertiary/aromatic N) is 2. The minimum absolute atomic E-state index is 0.00569. The fourth-order valence-electron chi connectivity index (χ4n) is 1.78. The molecule has 88 valence electrons. The van der Waals surface area contributed by atoms with Gasteiger partial charge in [0.1, 0.15) is 0 Å². The predicted molar refractivity (Wildman–Crippen MR) is 70.5 cm³/mol. The molecule has 1 unspecified atom stereocenters. The summed E-state index contributed by atoms with van der Waals surface area (Å²) in [5, 5.41) is 0. The zero-order chi connectivity index (χ0) is 12.3. The highest BCUT2D eigenvalue weighted by Crippen LogP contribution is 2.21. The van der Waals surface area contributed by atoms with E-state index in [1.165, 1.54) is 5.57 Å². The first-order valence-corrected chi connectivity index (χ1v) is 5.83. The van der Waals surface area contributed by atoms with E-state index in [0.29, 0.717) is 0 Å². The molecule has 1 atom stereocenters. The zero-order valence-corrected chi connectivity index (χ0v) is 10.1. The van der Waals surface area contributed by atoms with Gasteiger partial charge in [0.2, 0.25) is 0 Å². The van der Waals surface area contributed by atoms with E-state index >= 15 is 0 Å². The quantitative estimate of drug-likeness (QED) is 0.817. The molecule has 0 saturated carbocycles. The van der Waals surface area contributed by atoms with Gasteiger partial charge in [-0.15, -0.1) is 0 Å². The van der Waals surface area contributed by atoms with Crippen molar-refractivity contribution in [1.82, 2.24) is 9.97 Å². The molecule has 0 aliphatic rings. The average molecular weight is 227 g/mol. The van der Waals surface area contributed by atoms with Gasteiger partial charge in [0.15, 0.2) is 0 Å². The van der Waals surface area contributed by atoms with Gasteiger partial charge in [0.05, 0.1) is 11.0 Å². The van der Waals surface area contributed by atoms with Gasteiger partial charge >= 0.3 is 0 Å². The summed E-state index contributed by atoms with van der Waals surface area (Å²) < 4.78 is 0. The number of fused-ring (bicyclic) bond motifs is 1. The molecule has 3 nitrogen and oxygen atoms in total. The van der Waals surface area contributed by atoms with Gasteiger partial charge in [-0.25, -0.2) is 0 Å². The molecule has 2 rings (SSSR count). The highest BCUT2D eigenvalue weighted by molar-refractivity contribution is 5.74. The molecule has 0 aliphatic heterocycles. The Kier molecular flexibility index (Phi) is 3.49. The van der Waals surface area contributed by atoms with Crippen molar-refractivity contribution >= 4 is 11.0 Å². The number of benzene rings is 1. The van der Waals surface area contributed by atoms with Crippen molar-refractivity contribution in [2.24, 2.45) is 5.73 Å². The van der Waals surface area contributed by atoms with Gasteiger partial charge in [-0.1, -0.05) is 25.1 Å². The van der Waals surface area contributed by atoms with E-state index in [9.17, 15) is 0 Å². The van der Waals surface area contributed by atoms with E-state index in [4.69, 9.17) is 5.73 Å². The molecule has 2 aromatic rings. The van der Waals surface area contributed by atoms with Crippen molar-refractivity contribution in [2.75, 3.05) is 0 Å². The smallest absolute Gasteiger partial charge is 0.0890 e. The standard InChI is InChI=1S/C14H17N3/c1-3-10(2)8-12(15)11-4-5-13-14(9-11)17-7-6-16-13/h4-7,9,12H,2-3,8,15H2,1H3. The van der Waals surface area contributed by atoms with Gasteiger partial charge < -0.3 is 5.73 Å². The second kappa shape index (κ2) is 5.06. The second-order valence-electron chi connectivity index (χ2n) is 4.22. The first kappa shape index (κ1) is 11.7. The maximum absolute atomic E-state index is 6.15. The molecule has 0 saturated heterocycles. The molecule has 3 heteroatoms. The molecular weight excluding hydrogens is 210 g/mol. The lowest BCUT2D eigenvalue weighted by Gasteiger charge is -2.13. The molecule has 0 spiro atoms. The van der Waals surface area contributed by atoms with Crippen molar-refractivity contribution in [1.29, 1.82) is 0 Å². The third-order valence-electron chi connectivity index (χ3n) is 2.93. The Hall–Kier alpha value is -1.74. The summed E-state index contributed by atoms with van der Waals surface area (Å²) in [5.41, 5.74) is 10.2. The molecular formula is C14H17N3. The summed E-state index contributed by atoms with van der Waals surface area (Å²) in [7, 11) is 0. The molecule has 1 aromatic carbocycles. The SMILES string of the molecule is C=C(CC)CC(N)c1ccc2nccnc2c1. The maximum atomic E-state index is 6.15. The minimum Gasteiger partial charge on any atom is -0.324 e. The van der Waals surface area contributed by atoms with Gasteiger partial charge in [-0.3, -0.25) is 9.97 Å². The molecule has 17 heavy (non-hydrogen) atoms. The Morgan fingerprint density at radius 2 is 2.00 bits per heavy atom. The lowest BCUT2D eigenvalue weighted by molar-refractivity contribution is 0.702. The third kappa shape index (κ3) is 2.68. The van der Waals surface area contributed by atoms with Crippen LogP contribution in [0.2, 0.25) is 0 Å². The predicted octanol–water partition coefficient (Wildman–Crippen LogP) is 2.99. The van der Waals surface area contributed by atoms with Crippen LogP contribution in [0.1, 0.15) is 31.4 Å². The number of hydrogen-bond donors (Lipinski definition) is 1. The van der Waals surface area contributed by atoms with Gasteiger partial charge in [-0.2, -0.15) is 0 Å². The Morgan fingerprint density at radius 3 is 2.71 bits per heavy atom. The van der Waals surface area contributed by atoms with Crippen LogP contribution in [-0.2, 0) is 0 Å². The van der Waals surface area contributed by atoms with Crippen LogP contribution in [0, 0.1) is 0 Å². The first-order valence-electron chi connectivity index (χ1n) is 5.83. The highest BCUT2D eigenvalue weighted by atomic mass is 14.8. The molecule has 0 amide bonds. The van der Waals surface area contributed by atoms with E-state index in [1.807, 2.05) is 18.2 Å². The topological polar surface area (TPSA) is 51.8 Å². The third-order valence-corrected chi connectivity index (χ3v) is 2.93. The molecule has 0 radical (unpaired) electrons. The summed E-state index contributed by atoms with van der Waals surface area (Å²) in [5.74, 6) is 0. The molecule has 0 aliphatic carbocycles. The van der Waals surface area contributed by atoms with Crippen LogP contribution in [0.15, 0.2) is 42.7 Å². The number of aromatic nitrogens is 2. The van der Waals surface area contributed by atoms with Crippen LogP contribution in [0.3, 0.4) is 0 Å². The molecule has 0 fully saturated rings. The second-order valence-corrected chi connectivity index (χ2v) is 4.22. The van der Waals surface area contributed by atoms with E-state index in [1.54, 1.807) is 12.4 Å². The van der Waals surface area contributed by atoms with Crippen molar-refractivity contribution < 1.29 is 0 Å². The van der Waals surface area contributed by atoms with Gasteiger partial charge in [0.25, 0.3) is 0 Å². The summed E-state index contributed by atoms with van der Waals surface area (Å²) in [4.78, 5) is 8.52.